The molecule has 2 aromatic carbocycles. The minimum Gasteiger partial charge on any atom is -0.449 e. The Morgan fingerprint density at radius 1 is 1.14 bits per heavy atom. The highest BCUT2D eigenvalue weighted by Crippen LogP contribution is 2.27. The average molecular weight is 391 g/mol. The van der Waals surface area contributed by atoms with Gasteiger partial charge in [-0.1, -0.05) is 29.8 Å². The molecule has 0 radical (unpaired) electrons. The third kappa shape index (κ3) is 3.66. The fourth-order valence-corrected chi connectivity index (χ4v) is 3.62. The van der Waals surface area contributed by atoms with Crippen molar-refractivity contribution < 1.29 is 18.7 Å². The largest absolute Gasteiger partial charge is 0.449 e. The second-order valence-electron chi connectivity index (χ2n) is 7.24. The summed E-state index contributed by atoms with van der Waals surface area (Å²) in [6, 6.07) is 14.0. The van der Waals surface area contributed by atoms with Crippen molar-refractivity contribution in [3.05, 3.63) is 75.6 Å². The number of hydrogen-bond acceptors (Lipinski definition) is 5. The standard InChI is InChI=1S/C23H21NO5/c1-14-9-10-20-17(12-14)19(25)13-21(29-20)23(27)28-15(2)22(26)24-11-5-7-16-6-3-4-8-18(16)24/h3-4,6,8-10,12-13,15H,5,7,11H2,1-2H3/t15-/m1/s1. The lowest BCUT2D eigenvalue weighted by atomic mass is 10.0. The SMILES string of the molecule is Cc1ccc2oc(C(=O)O[C@H](C)C(=O)N3CCCc4ccccc43)cc(=O)c2c1. The van der Waals surface area contributed by atoms with Gasteiger partial charge in [-0.2, -0.15) is 0 Å². The fraction of sp³-hybridized carbons (Fsp3) is 0.261. The molecule has 0 aliphatic carbocycles. The van der Waals surface area contributed by atoms with Gasteiger partial charge in [-0.05, 0) is 50.5 Å². The summed E-state index contributed by atoms with van der Waals surface area (Å²) in [7, 11) is 0. The molecular weight excluding hydrogens is 370 g/mol. The Hall–Kier alpha value is -3.41. The van der Waals surface area contributed by atoms with Crippen LogP contribution in [0.25, 0.3) is 11.0 Å². The lowest BCUT2D eigenvalue weighted by Gasteiger charge is -2.31. The maximum absolute atomic E-state index is 12.9. The van der Waals surface area contributed by atoms with E-state index in [4.69, 9.17) is 9.15 Å². The third-order valence-corrected chi connectivity index (χ3v) is 5.09. The van der Waals surface area contributed by atoms with Gasteiger partial charge in [0, 0.05) is 18.3 Å². The van der Waals surface area contributed by atoms with Crippen LogP contribution < -0.4 is 10.3 Å². The Morgan fingerprint density at radius 2 is 1.93 bits per heavy atom. The van der Waals surface area contributed by atoms with Crippen LogP contribution in [0.1, 0.15) is 35.0 Å². The van der Waals surface area contributed by atoms with Gasteiger partial charge in [0.15, 0.2) is 11.5 Å². The number of carbonyl (C=O) groups excluding carboxylic acids is 2. The Kier molecular flexibility index (Phi) is 4.92. The molecule has 2 heterocycles. The first-order valence-electron chi connectivity index (χ1n) is 9.59. The smallest absolute Gasteiger partial charge is 0.375 e. The fourth-order valence-electron chi connectivity index (χ4n) is 3.62. The van der Waals surface area contributed by atoms with E-state index in [0.717, 1.165) is 35.7 Å². The van der Waals surface area contributed by atoms with E-state index in [9.17, 15) is 14.4 Å². The maximum atomic E-state index is 12.9. The number of para-hydroxylation sites is 1. The van der Waals surface area contributed by atoms with Crippen molar-refractivity contribution in [3.63, 3.8) is 0 Å². The molecule has 1 amide bonds. The molecule has 0 spiro atoms. The van der Waals surface area contributed by atoms with Crippen molar-refractivity contribution in [2.45, 2.75) is 32.8 Å². The zero-order valence-corrected chi connectivity index (χ0v) is 16.3. The number of fused-ring (bicyclic) bond motifs is 2. The summed E-state index contributed by atoms with van der Waals surface area (Å²) in [4.78, 5) is 39.4. The van der Waals surface area contributed by atoms with Crippen LogP contribution in [0.5, 0.6) is 0 Å². The second-order valence-corrected chi connectivity index (χ2v) is 7.24. The van der Waals surface area contributed by atoms with E-state index in [1.165, 1.54) is 6.92 Å². The van der Waals surface area contributed by atoms with E-state index >= 15 is 0 Å². The van der Waals surface area contributed by atoms with Crippen molar-refractivity contribution in [1.82, 2.24) is 0 Å². The van der Waals surface area contributed by atoms with Gasteiger partial charge in [0.1, 0.15) is 5.58 Å². The van der Waals surface area contributed by atoms with Gasteiger partial charge >= 0.3 is 5.97 Å². The third-order valence-electron chi connectivity index (χ3n) is 5.09. The van der Waals surface area contributed by atoms with Gasteiger partial charge in [-0.25, -0.2) is 4.79 Å². The van der Waals surface area contributed by atoms with Crippen molar-refractivity contribution in [2.24, 2.45) is 0 Å². The van der Waals surface area contributed by atoms with Crippen LogP contribution in [0.3, 0.4) is 0 Å². The second kappa shape index (κ2) is 7.54. The highest BCUT2D eigenvalue weighted by Gasteiger charge is 2.29. The van der Waals surface area contributed by atoms with Crippen LogP contribution in [-0.4, -0.2) is 24.5 Å². The normalized spacial score (nSPS) is 14.3. The number of rotatable bonds is 3. The molecule has 6 heteroatoms. The highest BCUT2D eigenvalue weighted by atomic mass is 16.6. The Balaban J connectivity index is 1.54. The number of hydrogen-bond donors (Lipinski definition) is 0. The summed E-state index contributed by atoms with van der Waals surface area (Å²) in [6.07, 6.45) is 0.755. The molecule has 1 aliphatic rings. The van der Waals surface area contributed by atoms with Crippen LogP contribution in [0.15, 0.2) is 57.7 Å². The highest BCUT2D eigenvalue weighted by molar-refractivity contribution is 5.99. The minimum atomic E-state index is -1.01. The molecule has 0 saturated heterocycles. The molecule has 29 heavy (non-hydrogen) atoms. The minimum absolute atomic E-state index is 0.218. The van der Waals surface area contributed by atoms with Gasteiger partial charge < -0.3 is 14.1 Å². The van der Waals surface area contributed by atoms with Gasteiger partial charge in [0.2, 0.25) is 5.76 Å². The molecule has 0 bridgehead atoms. The van der Waals surface area contributed by atoms with E-state index in [2.05, 4.69) is 0 Å². The molecule has 148 valence electrons. The van der Waals surface area contributed by atoms with Crippen LogP contribution in [0.2, 0.25) is 0 Å². The first-order valence-corrected chi connectivity index (χ1v) is 9.59. The number of aryl methyl sites for hydroxylation is 2. The summed E-state index contributed by atoms with van der Waals surface area (Å²) in [6.45, 7) is 3.97. The summed E-state index contributed by atoms with van der Waals surface area (Å²) in [5.74, 6) is -1.36. The van der Waals surface area contributed by atoms with E-state index in [0.29, 0.717) is 17.5 Å². The molecule has 1 aromatic heterocycles. The number of carbonyl (C=O) groups is 2. The Morgan fingerprint density at radius 3 is 2.76 bits per heavy atom. The van der Waals surface area contributed by atoms with Crippen molar-refractivity contribution in [3.8, 4) is 0 Å². The number of esters is 1. The monoisotopic (exact) mass is 391 g/mol. The Labute approximate surface area is 167 Å². The molecule has 0 unspecified atom stereocenters. The molecule has 6 nitrogen and oxygen atoms in total. The number of ether oxygens (including phenoxy) is 1. The summed E-state index contributed by atoms with van der Waals surface area (Å²) >= 11 is 0. The predicted molar refractivity (Wildman–Crippen MR) is 109 cm³/mol. The molecule has 0 saturated carbocycles. The van der Waals surface area contributed by atoms with Crippen LogP contribution in [-0.2, 0) is 16.0 Å². The average Bonchev–Trinajstić information content (AvgIpc) is 2.73. The van der Waals surface area contributed by atoms with Crippen LogP contribution in [0, 0.1) is 6.92 Å². The van der Waals surface area contributed by atoms with Crippen molar-refractivity contribution in [1.29, 1.82) is 0 Å². The number of benzene rings is 2. The van der Waals surface area contributed by atoms with E-state index in [-0.39, 0.29) is 17.1 Å². The van der Waals surface area contributed by atoms with Crippen LogP contribution >= 0.6 is 0 Å². The van der Waals surface area contributed by atoms with E-state index in [1.54, 1.807) is 23.1 Å². The van der Waals surface area contributed by atoms with Crippen LogP contribution in [0.4, 0.5) is 5.69 Å². The molecule has 3 aromatic rings. The van der Waals surface area contributed by atoms with E-state index < -0.39 is 12.1 Å². The predicted octanol–water partition coefficient (Wildman–Crippen LogP) is 3.63. The molecule has 1 atom stereocenters. The van der Waals surface area contributed by atoms with E-state index in [1.807, 2.05) is 31.2 Å². The van der Waals surface area contributed by atoms with Gasteiger partial charge in [-0.15, -0.1) is 0 Å². The zero-order chi connectivity index (χ0) is 20.5. The zero-order valence-electron chi connectivity index (χ0n) is 16.3. The Bertz CT molecular complexity index is 1160. The molecule has 4 rings (SSSR count). The van der Waals surface area contributed by atoms with Crippen molar-refractivity contribution >= 4 is 28.5 Å². The maximum Gasteiger partial charge on any atom is 0.375 e. The summed E-state index contributed by atoms with van der Waals surface area (Å²) < 4.78 is 10.9. The number of anilines is 1. The first kappa shape index (κ1) is 18.9. The number of nitrogens with zero attached hydrogens (tertiary/aromatic N) is 1. The summed E-state index contributed by atoms with van der Waals surface area (Å²) in [5.41, 5.74) is 2.84. The molecule has 0 fully saturated rings. The molecule has 1 aliphatic heterocycles. The molecule has 0 N–H and O–H groups in total. The number of amides is 1. The lowest BCUT2D eigenvalue weighted by molar-refractivity contribution is -0.126. The van der Waals surface area contributed by atoms with Gasteiger partial charge in [0.05, 0.1) is 5.39 Å². The first-order chi connectivity index (χ1) is 13.9. The summed E-state index contributed by atoms with van der Waals surface area (Å²) in [5, 5.41) is 0.399. The quantitative estimate of drug-likeness (QED) is 0.637. The van der Waals surface area contributed by atoms with Gasteiger partial charge in [-0.3, -0.25) is 9.59 Å². The van der Waals surface area contributed by atoms with Crippen molar-refractivity contribution in [2.75, 3.05) is 11.4 Å². The topological polar surface area (TPSA) is 76.8 Å². The molecular formula is C23H21NO5. The lowest BCUT2D eigenvalue weighted by Crippen LogP contribution is -2.42. The van der Waals surface area contributed by atoms with Gasteiger partial charge in [0.25, 0.3) is 5.91 Å².